The molecule has 0 amide bonds. The minimum absolute atomic E-state index is 0.723. The zero-order valence-corrected chi connectivity index (χ0v) is 10.5. The van der Waals surface area contributed by atoms with Gasteiger partial charge in [0.05, 0.1) is 7.11 Å². The Morgan fingerprint density at radius 1 is 1.41 bits per heavy atom. The number of ether oxygens (including phenoxy) is 1. The molecule has 0 unspecified atom stereocenters. The van der Waals surface area contributed by atoms with Gasteiger partial charge in [0.1, 0.15) is 0 Å². The van der Waals surface area contributed by atoms with Crippen LogP contribution in [0.25, 0.3) is 0 Å². The van der Waals surface area contributed by atoms with E-state index >= 15 is 0 Å². The van der Waals surface area contributed by atoms with Gasteiger partial charge in [-0.05, 0) is 32.0 Å². The molecule has 1 N–H and O–H groups in total. The first-order valence-corrected chi connectivity index (χ1v) is 6.31. The molecule has 0 bridgehead atoms. The molecule has 1 aliphatic heterocycles. The Bertz CT molecular complexity index is 337. The van der Waals surface area contributed by atoms with E-state index in [4.69, 9.17) is 4.74 Å². The molecule has 1 aromatic rings. The molecule has 0 aromatic carbocycles. The Labute approximate surface area is 103 Å². The summed E-state index contributed by atoms with van der Waals surface area (Å²) in [6.07, 6.45) is 4.47. The topological polar surface area (TPSA) is 37.4 Å². The molecule has 94 valence electrons. The van der Waals surface area contributed by atoms with Crippen LogP contribution in [0.5, 0.6) is 5.88 Å². The van der Waals surface area contributed by atoms with Crippen molar-refractivity contribution in [3.63, 3.8) is 0 Å². The van der Waals surface area contributed by atoms with Crippen LogP contribution >= 0.6 is 0 Å². The number of hydrogen-bond acceptors (Lipinski definition) is 4. The van der Waals surface area contributed by atoms with Crippen molar-refractivity contribution in [1.82, 2.24) is 15.2 Å². The Morgan fingerprint density at radius 2 is 2.24 bits per heavy atom. The molecule has 0 aliphatic carbocycles. The lowest BCUT2D eigenvalue weighted by Gasteiger charge is -2.15. The van der Waals surface area contributed by atoms with E-state index in [0.717, 1.165) is 31.1 Å². The monoisotopic (exact) mass is 235 g/mol. The summed E-state index contributed by atoms with van der Waals surface area (Å²) in [5.74, 6) is 0.723. The van der Waals surface area contributed by atoms with Gasteiger partial charge in [-0.3, -0.25) is 0 Å². The van der Waals surface area contributed by atoms with Gasteiger partial charge in [-0.2, -0.15) is 0 Å². The highest BCUT2D eigenvalue weighted by atomic mass is 16.5. The van der Waals surface area contributed by atoms with Gasteiger partial charge >= 0.3 is 0 Å². The van der Waals surface area contributed by atoms with E-state index in [1.54, 1.807) is 13.3 Å². The average Bonchev–Trinajstić information content (AvgIpc) is 2.88. The molecule has 17 heavy (non-hydrogen) atoms. The minimum atomic E-state index is 0.723. The van der Waals surface area contributed by atoms with Crippen molar-refractivity contribution in [1.29, 1.82) is 0 Å². The summed E-state index contributed by atoms with van der Waals surface area (Å²) in [4.78, 5) is 6.69. The highest BCUT2D eigenvalue weighted by molar-refractivity contribution is 5.24. The fraction of sp³-hybridized carbons (Fsp3) is 0.615. The number of nitrogens with one attached hydrogen (secondary N) is 1. The standard InChI is InChI=1S/C13H21N3O/c1-17-13-12(5-4-6-15-13)11-14-7-10-16-8-2-3-9-16/h4-6,14H,2-3,7-11H2,1H3. The lowest BCUT2D eigenvalue weighted by molar-refractivity contribution is 0.334. The number of methoxy groups -OCH3 is 1. The third kappa shape index (κ3) is 3.68. The first-order chi connectivity index (χ1) is 8.40. The summed E-state index contributed by atoms with van der Waals surface area (Å²) >= 11 is 0. The molecule has 1 fully saturated rings. The second-order valence-corrected chi connectivity index (χ2v) is 4.40. The molecule has 2 heterocycles. The van der Waals surface area contributed by atoms with E-state index in [2.05, 4.69) is 21.3 Å². The van der Waals surface area contributed by atoms with Gasteiger partial charge < -0.3 is 15.0 Å². The summed E-state index contributed by atoms with van der Waals surface area (Å²) in [7, 11) is 1.66. The minimum Gasteiger partial charge on any atom is -0.481 e. The number of rotatable bonds is 6. The zero-order chi connectivity index (χ0) is 11.9. The molecule has 2 rings (SSSR count). The molecular weight excluding hydrogens is 214 g/mol. The molecule has 1 saturated heterocycles. The summed E-state index contributed by atoms with van der Waals surface area (Å²) in [6, 6.07) is 3.99. The van der Waals surface area contributed by atoms with Crippen LogP contribution in [0.1, 0.15) is 18.4 Å². The average molecular weight is 235 g/mol. The number of pyridine rings is 1. The van der Waals surface area contributed by atoms with Gasteiger partial charge in [0, 0.05) is 31.4 Å². The smallest absolute Gasteiger partial charge is 0.217 e. The highest BCUT2D eigenvalue weighted by Gasteiger charge is 2.10. The van der Waals surface area contributed by atoms with Crippen molar-refractivity contribution in [2.24, 2.45) is 0 Å². The van der Waals surface area contributed by atoms with Gasteiger partial charge in [0.15, 0.2) is 0 Å². The van der Waals surface area contributed by atoms with Crippen molar-refractivity contribution in [3.05, 3.63) is 23.9 Å². The number of likely N-dealkylation sites (tertiary alicyclic amines) is 1. The molecule has 1 aromatic heterocycles. The normalized spacial score (nSPS) is 16.3. The SMILES string of the molecule is COc1ncccc1CNCCN1CCCC1. The van der Waals surface area contributed by atoms with E-state index in [9.17, 15) is 0 Å². The fourth-order valence-corrected chi connectivity index (χ4v) is 2.21. The Balaban J connectivity index is 1.70. The molecule has 0 atom stereocenters. The largest absolute Gasteiger partial charge is 0.481 e. The predicted octanol–water partition coefficient (Wildman–Crippen LogP) is 1.28. The van der Waals surface area contributed by atoms with Gasteiger partial charge in [-0.1, -0.05) is 6.07 Å². The molecule has 0 saturated carbocycles. The second-order valence-electron chi connectivity index (χ2n) is 4.40. The van der Waals surface area contributed by atoms with Crippen molar-refractivity contribution < 1.29 is 4.74 Å². The van der Waals surface area contributed by atoms with E-state index < -0.39 is 0 Å². The third-order valence-electron chi connectivity index (χ3n) is 3.16. The first kappa shape index (κ1) is 12.3. The van der Waals surface area contributed by atoms with E-state index in [1.807, 2.05) is 6.07 Å². The van der Waals surface area contributed by atoms with Crippen molar-refractivity contribution >= 4 is 0 Å². The van der Waals surface area contributed by atoms with E-state index in [0.29, 0.717) is 0 Å². The quantitative estimate of drug-likeness (QED) is 0.754. The van der Waals surface area contributed by atoms with Crippen LogP contribution in [0.3, 0.4) is 0 Å². The molecule has 0 spiro atoms. The maximum Gasteiger partial charge on any atom is 0.217 e. The first-order valence-electron chi connectivity index (χ1n) is 6.31. The molecular formula is C13H21N3O. The van der Waals surface area contributed by atoms with Gasteiger partial charge in [-0.25, -0.2) is 4.98 Å². The Hall–Kier alpha value is -1.13. The van der Waals surface area contributed by atoms with Crippen LogP contribution in [0.2, 0.25) is 0 Å². The highest BCUT2D eigenvalue weighted by Crippen LogP contribution is 2.12. The number of aromatic nitrogens is 1. The van der Waals surface area contributed by atoms with E-state index in [1.165, 1.54) is 25.9 Å². The van der Waals surface area contributed by atoms with Crippen molar-refractivity contribution in [2.45, 2.75) is 19.4 Å². The molecule has 4 heteroatoms. The summed E-state index contributed by atoms with van der Waals surface area (Å²) in [6.45, 7) is 5.52. The Morgan fingerprint density at radius 3 is 3.00 bits per heavy atom. The number of hydrogen-bond donors (Lipinski definition) is 1. The number of nitrogens with zero attached hydrogens (tertiary/aromatic N) is 2. The molecule has 1 aliphatic rings. The third-order valence-corrected chi connectivity index (χ3v) is 3.16. The van der Waals surface area contributed by atoms with Crippen molar-refractivity contribution in [2.75, 3.05) is 33.3 Å². The lowest BCUT2D eigenvalue weighted by atomic mass is 10.2. The summed E-state index contributed by atoms with van der Waals surface area (Å²) in [5, 5.41) is 3.44. The van der Waals surface area contributed by atoms with E-state index in [-0.39, 0.29) is 0 Å². The summed E-state index contributed by atoms with van der Waals surface area (Å²) < 4.78 is 5.21. The second kappa shape index (κ2) is 6.57. The Kier molecular flexibility index (Phi) is 4.76. The van der Waals surface area contributed by atoms with Crippen LogP contribution in [0.4, 0.5) is 0 Å². The van der Waals surface area contributed by atoms with Gasteiger partial charge in [-0.15, -0.1) is 0 Å². The van der Waals surface area contributed by atoms with Crippen LogP contribution in [-0.2, 0) is 6.54 Å². The van der Waals surface area contributed by atoms with Crippen molar-refractivity contribution in [3.8, 4) is 5.88 Å². The van der Waals surface area contributed by atoms with Gasteiger partial charge in [0.2, 0.25) is 5.88 Å². The van der Waals surface area contributed by atoms with Crippen LogP contribution < -0.4 is 10.1 Å². The summed E-state index contributed by atoms with van der Waals surface area (Å²) in [5.41, 5.74) is 1.12. The maximum atomic E-state index is 5.21. The fourth-order valence-electron chi connectivity index (χ4n) is 2.21. The van der Waals surface area contributed by atoms with Crippen LogP contribution in [0, 0.1) is 0 Å². The lowest BCUT2D eigenvalue weighted by Crippen LogP contribution is -2.29. The zero-order valence-electron chi connectivity index (χ0n) is 10.5. The molecule has 0 radical (unpaired) electrons. The van der Waals surface area contributed by atoms with Gasteiger partial charge in [0.25, 0.3) is 0 Å². The molecule has 4 nitrogen and oxygen atoms in total. The predicted molar refractivity (Wildman–Crippen MR) is 68.2 cm³/mol. The van der Waals surface area contributed by atoms with Crippen LogP contribution in [-0.4, -0.2) is 43.2 Å². The van der Waals surface area contributed by atoms with Crippen LogP contribution in [0.15, 0.2) is 18.3 Å². The maximum absolute atomic E-state index is 5.21.